The van der Waals surface area contributed by atoms with Gasteiger partial charge in [0.15, 0.2) is 0 Å². The molecule has 3 aromatic carbocycles. The quantitative estimate of drug-likeness (QED) is 0.316. The van der Waals surface area contributed by atoms with E-state index in [0.717, 1.165) is 58.5 Å². The van der Waals surface area contributed by atoms with Crippen LogP contribution < -0.4 is 15.0 Å². The van der Waals surface area contributed by atoms with E-state index in [1.54, 1.807) is 19.1 Å². The van der Waals surface area contributed by atoms with E-state index in [2.05, 4.69) is 18.3 Å². The number of carbonyl (C=O) groups is 2. The van der Waals surface area contributed by atoms with E-state index in [1.165, 1.54) is 0 Å². The summed E-state index contributed by atoms with van der Waals surface area (Å²) in [4.78, 5) is 25.4. The number of nitrogens with one attached hydrogen (secondary N) is 1. The summed E-state index contributed by atoms with van der Waals surface area (Å²) in [7, 11) is 3.40. The Morgan fingerprint density at radius 3 is 2.34 bits per heavy atom. The molecule has 0 radical (unpaired) electrons. The number of hydrogen-bond donors (Lipinski definition) is 2. The lowest BCUT2D eigenvalue weighted by molar-refractivity contribution is -0.136. The lowest BCUT2D eigenvalue weighted by Crippen LogP contribution is -2.37. The molecule has 0 saturated carbocycles. The molecule has 0 heterocycles. The molecule has 3 rings (SSSR count). The van der Waals surface area contributed by atoms with E-state index in [-0.39, 0.29) is 12.5 Å². The predicted octanol–water partition coefficient (Wildman–Crippen LogP) is 6.38. The Kier molecular flexibility index (Phi) is 9.30. The molecule has 6 nitrogen and oxygen atoms in total. The molecule has 0 aliphatic heterocycles. The van der Waals surface area contributed by atoms with E-state index in [1.807, 2.05) is 60.7 Å². The Hall–Kier alpha value is -3.80. The number of methoxy groups -OCH3 is 1. The highest BCUT2D eigenvalue weighted by Crippen LogP contribution is 2.33. The van der Waals surface area contributed by atoms with Gasteiger partial charge in [0, 0.05) is 25.7 Å². The number of amides is 2. The standard InChI is InChI=1S/C29H34N2O4/c1-4-5-6-18-30-29(34)31(2)25-9-7-8-23(19-25)24-11-10-21(14-17-28(32)33)27(20-24)22-12-15-26(35-3)16-13-22/h7-13,15-16,19-20H,4-6,14,17-18H2,1-3H3,(H,30,34)(H,32,33). The van der Waals surface area contributed by atoms with Crippen molar-refractivity contribution in [2.45, 2.75) is 39.0 Å². The van der Waals surface area contributed by atoms with Crippen LogP contribution in [0.2, 0.25) is 0 Å². The van der Waals surface area contributed by atoms with Crippen molar-refractivity contribution in [2.75, 3.05) is 25.6 Å². The van der Waals surface area contributed by atoms with E-state index in [9.17, 15) is 14.7 Å². The Morgan fingerprint density at radius 1 is 0.943 bits per heavy atom. The molecular weight excluding hydrogens is 440 g/mol. The molecule has 0 aromatic heterocycles. The Labute approximate surface area is 207 Å². The molecule has 0 saturated heterocycles. The third kappa shape index (κ3) is 7.09. The van der Waals surface area contributed by atoms with Gasteiger partial charge >= 0.3 is 12.0 Å². The zero-order valence-corrected chi connectivity index (χ0v) is 20.7. The number of rotatable bonds is 11. The van der Waals surface area contributed by atoms with Crippen LogP contribution in [0.1, 0.15) is 38.2 Å². The number of carboxylic acid groups (broad SMARTS) is 1. The first-order valence-corrected chi connectivity index (χ1v) is 12.0. The maximum absolute atomic E-state index is 12.6. The first-order valence-electron chi connectivity index (χ1n) is 12.0. The minimum atomic E-state index is -0.821. The van der Waals surface area contributed by atoms with E-state index in [0.29, 0.717) is 13.0 Å². The minimum absolute atomic E-state index is 0.0656. The van der Waals surface area contributed by atoms with Gasteiger partial charge < -0.3 is 15.2 Å². The molecular formula is C29H34N2O4. The molecule has 0 fully saturated rings. The van der Waals surface area contributed by atoms with Crippen molar-refractivity contribution < 1.29 is 19.4 Å². The van der Waals surface area contributed by atoms with Gasteiger partial charge in [-0.3, -0.25) is 9.69 Å². The van der Waals surface area contributed by atoms with E-state index in [4.69, 9.17) is 4.74 Å². The average Bonchev–Trinajstić information content (AvgIpc) is 2.89. The van der Waals surface area contributed by atoms with Gasteiger partial charge in [0.25, 0.3) is 0 Å². The van der Waals surface area contributed by atoms with Crippen molar-refractivity contribution in [1.82, 2.24) is 5.32 Å². The topological polar surface area (TPSA) is 78.9 Å². The summed E-state index contributed by atoms with van der Waals surface area (Å²) < 4.78 is 5.28. The van der Waals surface area contributed by atoms with Crippen molar-refractivity contribution in [1.29, 1.82) is 0 Å². The van der Waals surface area contributed by atoms with Crippen LogP contribution in [0.15, 0.2) is 66.7 Å². The highest BCUT2D eigenvalue weighted by molar-refractivity contribution is 5.92. The van der Waals surface area contributed by atoms with Gasteiger partial charge in [-0.1, -0.05) is 56.2 Å². The van der Waals surface area contributed by atoms with Crippen molar-refractivity contribution in [3.63, 3.8) is 0 Å². The predicted molar refractivity (Wildman–Crippen MR) is 141 cm³/mol. The summed E-state index contributed by atoms with van der Waals surface area (Å²) in [5, 5.41) is 12.2. The first-order chi connectivity index (χ1) is 16.9. The number of benzene rings is 3. The number of urea groups is 1. The molecule has 2 N–H and O–H groups in total. The second-order valence-electron chi connectivity index (χ2n) is 8.54. The maximum atomic E-state index is 12.6. The fourth-order valence-corrected chi connectivity index (χ4v) is 3.96. The van der Waals surface area contributed by atoms with Gasteiger partial charge in [-0.05, 0) is 71.0 Å². The third-order valence-electron chi connectivity index (χ3n) is 6.05. The van der Waals surface area contributed by atoms with E-state index < -0.39 is 5.97 Å². The van der Waals surface area contributed by atoms with Crippen LogP contribution in [0.4, 0.5) is 10.5 Å². The van der Waals surface area contributed by atoms with Crippen LogP contribution in [-0.2, 0) is 11.2 Å². The molecule has 0 aliphatic carbocycles. The van der Waals surface area contributed by atoms with Gasteiger partial charge in [-0.25, -0.2) is 4.79 Å². The van der Waals surface area contributed by atoms with E-state index >= 15 is 0 Å². The highest BCUT2D eigenvalue weighted by Gasteiger charge is 2.13. The Morgan fingerprint density at radius 2 is 1.66 bits per heavy atom. The number of ether oxygens (including phenoxy) is 1. The summed E-state index contributed by atoms with van der Waals surface area (Å²) in [5.41, 5.74) is 5.73. The van der Waals surface area contributed by atoms with Gasteiger partial charge in [-0.2, -0.15) is 0 Å². The Balaban J connectivity index is 1.90. The number of unbranched alkanes of at least 4 members (excludes halogenated alkanes) is 2. The molecule has 0 unspecified atom stereocenters. The zero-order chi connectivity index (χ0) is 25.2. The normalized spacial score (nSPS) is 10.6. The fraction of sp³-hybridized carbons (Fsp3) is 0.310. The summed E-state index contributed by atoms with van der Waals surface area (Å²) >= 11 is 0. The maximum Gasteiger partial charge on any atom is 0.321 e. The largest absolute Gasteiger partial charge is 0.497 e. The summed E-state index contributed by atoms with van der Waals surface area (Å²) in [5.74, 6) is -0.0563. The summed E-state index contributed by atoms with van der Waals surface area (Å²) in [6.45, 7) is 2.80. The highest BCUT2D eigenvalue weighted by atomic mass is 16.5. The smallest absolute Gasteiger partial charge is 0.321 e. The number of aryl methyl sites for hydroxylation is 1. The van der Waals surface area contributed by atoms with Crippen molar-refractivity contribution in [3.8, 4) is 28.0 Å². The average molecular weight is 475 g/mol. The molecule has 3 aromatic rings. The first kappa shape index (κ1) is 25.8. The van der Waals surface area contributed by atoms with Crippen LogP contribution in [0, 0.1) is 0 Å². The molecule has 35 heavy (non-hydrogen) atoms. The minimum Gasteiger partial charge on any atom is -0.497 e. The second kappa shape index (κ2) is 12.6. The Bertz CT molecular complexity index is 1140. The number of aliphatic carboxylic acids is 1. The van der Waals surface area contributed by atoms with Crippen LogP contribution >= 0.6 is 0 Å². The van der Waals surface area contributed by atoms with Gasteiger partial charge in [0.1, 0.15) is 5.75 Å². The number of carbonyl (C=O) groups excluding carboxylic acids is 1. The second-order valence-corrected chi connectivity index (χ2v) is 8.54. The number of anilines is 1. The fourth-order valence-electron chi connectivity index (χ4n) is 3.96. The van der Waals surface area contributed by atoms with Crippen molar-refractivity contribution in [3.05, 3.63) is 72.3 Å². The molecule has 0 aliphatic rings. The lowest BCUT2D eigenvalue weighted by atomic mass is 9.92. The SMILES string of the molecule is CCCCCNC(=O)N(C)c1cccc(-c2ccc(CCC(=O)O)c(-c3ccc(OC)cc3)c2)c1. The number of carboxylic acids is 1. The third-order valence-corrected chi connectivity index (χ3v) is 6.05. The van der Waals surface area contributed by atoms with Crippen LogP contribution in [0.3, 0.4) is 0 Å². The zero-order valence-electron chi connectivity index (χ0n) is 20.7. The molecule has 6 heteroatoms. The van der Waals surface area contributed by atoms with Crippen molar-refractivity contribution >= 4 is 17.7 Å². The number of hydrogen-bond acceptors (Lipinski definition) is 3. The molecule has 0 atom stereocenters. The van der Waals surface area contributed by atoms with Gasteiger partial charge in [0.05, 0.1) is 7.11 Å². The molecule has 0 spiro atoms. The monoisotopic (exact) mass is 474 g/mol. The number of nitrogens with zero attached hydrogens (tertiary/aromatic N) is 1. The van der Waals surface area contributed by atoms with Gasteiger partial charge in [-0.15, -0.1) is 0 Å². The van der Waals surface area contributed by atoms with Crippen LogP contribution in [0.5, 0.6) is 5.75 Å². The lowest BCUT2D eigenvalue weighted by Gasteiger charge is -2.19. The molecule has 0 bridgehead atoms. The van der Waals surface area contributed by atoms with Crippen molar-refractivity contribution in [2.24, 2.45) is 0 Å². The summed E-state index contributed by atoms with van der Waals surface area (Å²) in [6, 6.07) is 21.6. The van der Waals surface area contributed by atoms with Crippen LogP contribution in [0.25, 0.3) is 22.3 Å². The van der Waals surface area contributed by atoms with Crippen LogP contribution in [-0.4, -0.2) is 37.8 Å². The molecule has 184 valence electrons. The molecule has 2 amide bonds. The summed E-state index contributed by atoms with van der Waals surface area (Å²) in [6.07, 6.45) is 3.69. The van der Waals surface area contributed by atoms with Gasteiger partial charge in [0.2, 0.25) is 0 Å².